The van der Waals surface area contributed by atoms with Crippen molar-refractivity contribution in [1.29, 1.82) is 0 Å². The van der Waals surface area contributed by atoms with E-state index in [-0.39, 0.29) is 22.6 Å². The Morgan fingerprint density at radius 2 is 1.37 bits per heavy atom. The number of carboxylic acids is 2. The van der Waals surface area contributed by atoms with Gasteiger partial charge in [-0.05, 0) is 40.0 Å². The van der Waals surface area contributed by atoms with Gasteiger partial charge in [-0.15, -0.1) is 0 Å². The molecule has 3 aromatic rings. The molecule has 5 rings (SSSR count). The van der Waals surface area contributed by atoms with Gasteiger partial charge in [0, 0.05) is 16.7 Å². The Hall–Kier alpha value is -4.50. The molecule has 8 nitrogen and oxygen atoms in total. The highest BCUT2D eigenvalue weighted by Gasteiger charge is 2.41. The molecule has 9 heteroatoms. The first-order chi connectivity index (χ1) is 20.7. The molecule has 3 aromatic carbocycles. The lowest BCUT2D eigenvalue weighted by Gasteiger charge is -2.25. The number of carbonyl (C=O) groups is 2. The Morgan fingerprint density at radius 1 is 0.744 bits per heavy atom. The highest BCUT2D eigenvalue weighted by molar-refractivity contribution is 7.86. The molecule has 222 valence electrons. The molecule has 0 spiro atoms. The first kappa shape index (κ1) is 30.0. The summed E-state index contributed by atoms with van der Waals surface area (Å²) in [5.41, 5.74) is 1.45. The lowest BCUT2D eigenvalue weighted by Crippen LogP contribution is -2.26. The van der Waals surface area contributed by atoms with Crippen molar-refractivity contribution in [2.45, 2.75) is 51.9 Å². The molecular weight excluding hydrogens is 566 g/mol. The molecule has 0 unspecified atom stereocenters. The van der Waals surface area contributed by atoms with E-state index < -0.39 is 33.2 Å². The van der Waals surface area contributed by atoms with Crippen LogP contribution in [0.15, 0.2) is 88.6 Å². The van der Waals surface area contributed by atoms with E-state index in [0.717, 1.165) is 48.4 Å². The fraction of sp³-hybridized carbons (Fsp3) is 0.265. The molecule has 0 atom stereocenters. The van der Waals surface area contributed by atoms with Crippen LogP contribution in [0.1, 0.15) is 68.6 Å². The maximum Gasteiger partial charge on any atom is 0.338 e. The third-order valence-electron chi connectivity index (χ3n) is 7.77. The summed E-state index contributed by atoms with van der Waals surface area (Å²) < 4.78 is 30.7. The molecule has 2 aliphatic carbocycles. The summed E-state index contributed by atoms with van der Waals surface area (Å²) in [7, 11) is -4.15. The quantitative estimate of drug-likeness (QED) is 0.159. The Balaban J connectivity index is 1.62. The number of fused-ring (bicyclic) bond motifs is 4. The minimum absolute atomic E-state index is 0.225. The molecule has 0 amide bonds. The fourth-order valence-corrected chi connectivity index (χ4v) is 6.60. The molecule has 2 N–H and O–H groups in total. The van der Waals surface area contributed by atoms with E-state index in [9.17, 15) is 28.2 Å². The van der Waals surface area contributed by atoms with Gasteiger partial charge in [-0.3, -0.25) is 4.28 Å². The highest BCUT2D eigenvalue weighted by Crippen LogP contribution is 2.49. The zero-order valence-corrected chi connectivity index (χ0v) is 24.7. The van der Waals surface area contributed by atoms with Gasteiger partial charge >= 0.3 is 22.1 Å². The van der Waals surface area contributed by atoms with Gasteiger partial charge in [-0.25, -0.2) is 9.59 Å². The number of unbranched alkanes of at least 4 members (excludes halogenated alkanes) is 6. The number of aliphatic carboxylic acids is 2. The number of hydrogen-bond donors (Lipinski definition) is 2. The topological polar surface area (TPSA) is 130 Å². The maximum absolute atomic E-state index is 12.9. The predicted octanol–water partition coefficient (Wildman–Crippen LogP) is 7.08. The monoisotopic (exact) mass is 599 g/mol. The van der Waals surface area contributed by atoms with E-state index in [1.165, 1.54) is 0 Å². The van der Waals surface area contributed by atoms with Crippen LogP contribution in [-0.4, -0.2) is 42.0 Å². The summed E-state index contributed by atoms with van der Waals surface area (Å²) in [6.45, 7) is 2.13. The van der Waals surface area contributed by atoms with Crippen molar-refractivity contribution in [3.05, 3.63) is 100 Å². The average molecular weight is 600 g/mol. The van der Waals surface area contributed by atoms with Gasteiger partial charge in [-0.2, -0.15) is 8.42 Å². The van der Waals surface area contributed by atoms with Crippen LogP contribution < -0.4 is 0 Å². The molecular formula is C34H33NO7S. The first-order valence-electron chi connectivity index (χ1n) is 14.5. The van der Waals surface area contributed by atoms with E-state index in [2.05, 4.69) is 12.1 Å². The molecule has 0 fully saturated rings. The first-order valence-corrected chi connectivity index (χ1v) is 16.1. The second-order valence-corrected chi connectivity index (χ2v) is 12.4. The summed E-state index contributed by atoms with van der Waals surface area (Å²) in [4.78, 5) is 25.7. The van der Waals surface area contributed by atoms with Gasteiger partial charge in [0.05, 0.1) is 11.3 Å². The Kier molecular flexibility index (Phi) is 8.92. The summed E-state index contributed by atoms with van der Waals surface area (Å²) in [6.07, 6.45) is 8.12. The zero-order chi connectivity index (χ0) is 30.6. The van der Waals surface area contributed by atoms with E-state index in [4.69, 9.17) is 4.28 Å². The smallest absolute Gasteiger partial charge is 0.338 e. The van der Waals surface area contributed by atoms with Gasteiger partial charge in [0.2, 0.25) is 0 Å². The number of oxime groups is 1. The predicted molar refractivity (Wildman–Crippen MR) is 168 cm³/mol. The maximum atomic E-state index is 12.9. The van der Waals surface area contributed by atoms with Gasteiger partial charge in [0.1, 0.15) is 11.3 Å². The van der Waals surface area contributed by atoms with Crippen LogP contribution in [0.25, 0.3) is 28.0 Å². The highest BCUT2D eigenvalue weighted by atomic mass is 32.2. The Labute approximate surface area is 250 Å². The van der Waals surface area contributed by atoms with Gasteiger partial charge in [0.15, 0.2) is 0 Å². The number of hydrogen-bond acceptors (Lipinski definition) is 6. The molecule has 43 heavy (non-hydrogen) atoms. The second-order valence-electron chi connectivity index (χ2n) is 10.7. The summed E-state index contributed by atoms with van der Waals surface area (Å²) in [5.74, 6) is -3.31. The van der Waals surface area contributed by atoms with Crippen LogP contribution in [0.4, 0.5) is 0 Å². The van der Waals surface area contributed by atoms with E-state index in [1.807, 2.05) is 48.5 Å². The van der Waals surface area contributed by atoms with Crippen molar-refractivity contribution in [2.24, 2.45) is 5.16 Å². The van der Waals surface area contributed by atoms with Crippen LogP contribution in [0, 0.1) is 0 Å². The Morgan fingerprint density at radius 3 is 2.12 bits per heavy atom. The van der Waals surface area contributed by atoms with Gasteiger partial charge in [-0.1, -0.05) is 117 Å². The number of nitrogens with zero attached hydrogens (tertiary/aromatic N) is 1. The molecule has 2 aliphatic rings. The summed E-state index contributed by atoms with van der Waals surface area (Å²) in [5, 5.41) is 26.4. The molecule has 0 heterocycles. The van der Waals surface area contributed by atoms with Crippen molar-refractivity contribution >= 4 is 55.8 Å². The van der Waals surface area contributed by atoms with E-state index >= 15 is 0 Å². The Bertz CT molecular complexity index is 1820. The van der Waals surface area contributed by atoms with Crippen molar-refractivity contribution < 1.29 is 32.5 Å². The molecule has 0 saturated carbocycles. The normalized spacial score (nSPS) is 15.5. The molecule has 0 aromatic heterocycles. The van der Waals surface area contributed by atoms with Crippen molar-refractivity contribution in [1.82, 2.24) is 0 Å². The molecule has 0 aliphatic heterocycles. The minimum atomic E-state index is -4.15. The SMILES string of the molecule is CCCCCCCCCS(=O)(=O)ON=C1C2=Cc3ccccc3C2=C(c2cccc3ccccc23)C(C(=O)O)=C1C(=O)O. The standard InChI is InChI=1S/C34H33NO7S/c1-2-3-4-5-6-7-12-20-43(40,41)42-35-32-27-21-23-15-9-11-18-25(23)28(27)29(30(33(36)37)31(32)34(38)39)26-19-13-16-22-14-8-10-17-24(22)26/h8-11,13-19,21H,2-7,12,20H2,1H3,(H,36,37)(H,38,39). The third-order valence-corrected chi connectivity index (χ3v) is 8.86. The largest absolute Gasteiger partial charge is 0.478 e. The molecule has 0 saturated heterocycles. The van der Waals surface area contributed by atoms with E-state index in [0.29, 0.717) is 29.5 Å². The third kappa shape index (κ3) is 6.17. The molecule has 0 bridgehead atoms. The summed E-state index contributed by atoms with van der Waals surface area (Å²) in [6, 6.07) is 20.2. The molecule has 0 radical (unpaired) electrons. The van der Waals surface area contributed by atoms with Crippen molar-refractivity contribution in [3.8, 4) is 0 Å². The van der Waals surface area contributed by atoms with Crippen LogP contribution in [-0.2, 0) is 24.0 Å². The fourth-order valence-electron chi connectivity index (χ4n) is 5.78. The van der Waals surface area contributed by atoms with Crippen LogP contribution >= 0.6 is 0 Å². The lowest BCUT2D eigenvalue weighted by atomic mass is 9.77. The average Bonchev–Trinajstić information content (AvgIpc) is 3.38. The number of allylic oxidation sites excluding steroid dienone is 2. The van der Waals surface area contributed by atoms with Gasteiger partial charge < -0.3 is 10.2 Å². The number of benzene rings is 3. The summed E-state index contributed by atoms with van der Waals surface area (Å²) >= 11 is 0. The van der Waals surface area contributed by atoms with Gasteiger partial charge in [0.25, 0.3) is 0 Å². The number of carboxylic acid groups (broad SMARTS) is 2. The lowest BCUT2D eigenvalue weighted by molar-refractivity contribution is -0.135. The minimum Gasteiger partial charge on any atom is -0.478 e. The van der Waals surface area contributed by atoms with Crippen molar-refractivity contribution in [2.75, 3.05) is 5.75 Å². The zero-order valence-electron chi connectivity index (χ0n) is 23.9. The number of rotatable bonds is 13. The van der Waals surface area contributed by atoms with Crippen LogP contribution in [0.3, 0.4) is 0 Å². The van der Waals surface area contributed by atoms with E-state index in [1.54, 1.807) is 24.3 Å². The van der Waals surface area contributed by atoms with Crippen LogP contribution in [0.5, 0.6) is 0 Å². The second kappa shape index (κ2) is 12.8. The van der Waals surface area contributed by atoms with Crippen LogP contribution in [0.2, 0.25) is 0 Å². The van der Waals surface area contributed by atoms with Crippen molar-refractivity contribution in [3.63, 3.8) is 0 Å².